The van der Waals surface area contributed by atoms with Crippen molar-refractivity contribution in [2.45, 2.75) is 109 Å². The monoisotopic (exact) mass is 468 g/mol. The Bertz CT molecular complexity index is 730. The Labute approximate surface area is 208 Å². The SMILES string of the molecule is CCCCCCCCCCC(CCCCCCCOc1ccc(N)cc1)Oc1ccc(N)cc1. The van der Waals surface area contributed by atoms with Crippen LogP contribution in [-0.4, -0.2) is 12.7 Å². The molecule has 1 unspecified atom stereocenters. The molecule has 2 aromatic rings. The van der Waals surface area contributed by atoms with E-state index in [1.54, 1.807) is 0 Å². The summed E-state index contributed by atoms with van der Waals surface area (Å²) in [5.41, 5.74) is 13.1. The van der Waals surface area contributed by atoms with Crippen molar-refractivity contribution in [1.29, 1.82) is 0 Å². The molecule has 34 heavy (non-hydrogen) atoms. The van der Waals surface area contributed by atoms with Gasteiger partial charge in [0.2, 0.25) is 0 Å². The predicted molar refractivity (Wildman–Crippen MR) is 147 cm³/mol. The highest BCUT2D eigenvalue weighted by Crippen LogP contribution is 2.21. The molecular formula is C30H48N2O2. The van der Waals surface area contributed by atoms with Crippen LogP contribution in [-0.2, 0) is 0 Å². The summed E-state index contributed by atoms with van der Waals surface area (Å²) in [6.45, 7) is 3.05. The second kappa shape index (κ2) is 18.0. The summed E-state index contributed by atoms with van der Waals surface area (Å²) < 4.78 is 12.1. The van der Waals surface area contributed by atoms with E-state index in [0.29, 0.717) is 6.10 Å². The minimum absolute atomic E-state index is 0.303. The van der Waals surface area contributed by atoms with Gasteiger partial charge in [0.1, 0.15) is 11.5 Å². The molecule has 4 N–H and O–H groups in total. The summed E-state index contributed by atoms with van der Waals surface area (Å²) in [5.74, 6) is 1.84. The topological polar surface area (TPSA) is 70.5 Å². The molecule has 0 spiro atoms. The average molecular weight is 469 g/mol. The van der Waals surface area contributed by atoms with Crippen LogP contribution in [0.3, 0.4) is 0 Å². The van der Waals surface area contributed by atoms with Crippen LogP contribution >= 0.6 is 0 Å². The molecule has 1 atom stereocenters. The zero-order chi connectivity index (χ0) is 24.3. The van der Waals surface area contributed by atoms with Crippen LogP contribution in [0.4, 0.5) is 11.4 Å². The lowest BCUT2D eigenvalue weighted by Gasteiger charge is -2.19. The zero-order valence-electron chi connectivity index (χ0n) is 21.5. The molecule has 190 valence electrons. The van der Waals surface area contributed by atoms with Crippen LogP contribution in [0.5, 0.6) is 11.5 Å². The van der Waals surface area contributed by atoms with Crippen molar-refractivity contribution in [2.75, 3.05) is 18.1 Å². The fourth-order valence-electron chi connectivity index (χ4n) is 4.27. The average Bonchev–Trinajstić information content (AvgIpc) is 2.84. The van der Waals surface area contributed by atoms with E-state index >= 15 is 0 Å². The summed E-state index contributed by atoms with van der Waals surface area (Å²) in [6.07, 6.45) is 19.4. The number of unbranched alkanes of at least 4 members (excludes halogenated alkanes) is 11. The Morgan fingerprint density at radius 2 is 1.00 bits per heavy atom. The maximum absolute atomic E-state index is 6.35. The molecular weight excluding hydrogens is 420 g/mol. The Balaban J connectivity index is 1.59. The van der Waals surface area contributed by atoms with Gasteiger partial charge in [0.05, 0.1) is 12.7 Å². The van der Waals surface area contributed by atoms with E-state index in [2.05, 4.69) is 6.92 Å². The highest BCUT2D eigenvalue weighted by Gasteiger charge is 2.11. The smallest absolute Gasteiger partial charge is 0.119 e. The molecule has 0 radical (unpaired) electrons. The molecule has 0 amide bonds. The number of ether oxygens (including phenoxy) is 2. The molecule has 0 bridgehead atoms. The lowest BCUT2D eigenvalue weighted by atomic mass is 10.0. The van der Waals surface area contributed by atoms with Gasteiger partial charge in [0, 0.05) is 11.4 Å². The quantitative estimate of drug-likeness (QED) is 0.151. The van der Waals surface area contributed by atoms with Crippen molar-refractivity contribution in [3.8, 4) is 11.5 Å². The summed E-state index contributed by atoms with van der Waals surface area (Å²) in [4.78, 5) is 0. The number of rotatable bonds is 20. The summed E-state index contributed by atoms with van der Waals surface area (Å²) in [7, 11) is 0. The van der Waals surface area contributed by atoms with Gasteiger partial charge < -0.3 is 20.9 Å². The van der Waals surface area contributed by atoms with Gasteiger partial charge in [-0.3, -0.25) is 0 Å². The van der Waals surface area contributed by atoms with Gasteiger partial charge in [-0.25, -0.2) is 0 Å². The molecule has 4 nitrogen and oxygen atoms in total. The Morgan fingerprint density at radius 3 is 1.53 bits per heavy atom. The van der Waals surface area contributed by atoms with Crippen LogP contribution in [0.2, 0.25) is 0 Å². The first kappa shape index (κ1) is 27.9. The molecule has 0 heterocycles. The maximum Gasteiger partial charge on any atom is 0.119 e. The van der Waals surface area contributed by atoms with Gasteiger partial charge in [0.15, 0.2) is 0 Å². The van der Waals surface area contributed by atoms with Crippen LogP contribution in [0.1, 0.15) is 103 Å². The highest BCUT2D eigenvalue weighted by molar-refractivity contribution is 5.42. The molecule has 0 saturated heterocycles. The largest absolute Gasteiger partial charge is 0.494 e. The molecule has 0 fully saturated rings. The Hall–Kier alpha value is -2.36. The van der Waals surface area contributed by atoms with Crippen molar-refractivity contribution >= 4 is 11.4 Å². The fraction of sp³-hybridized carbons (Fsp3) is 0.600. The van der Waals surface area contributed by atoms with Gasteiger partial charge in [-0.1, -0.05) is 71.1 Å². The van der Waals surface area contributed by atoms with Crippen LogP contribution in [0.25, 0.3) is 0 Å². The van der Waals surface area contributed by atoms with E-state index in [1.165, 1.54) is 77.0 Å². The third kappa shape index (κ3) is 13.4. The summed E-state index contributed by atoms with van der Waals surface area (Å²) >= 11 is 0. The second-order valence-corrected chi connectivity index (χ2v) is 9.55. The van der Waals surface area contributed by atoms with Gasteiger partial charge in [-0.15, -0.1) is 0 Å². The van der Waals surface area contributed by atoms with Crippen LogP contribution in [0, 0.1) is 0 Å². The molecule has 0 aromatic heterocycles. The van der Waals surface area contributed by atoms with Crippen molar-refractivity contribution < 1.29 is 9.47 Å². The molecule has 0 aliphatic rings. The lowest BCUT2D eigenvalue weighted by Crippen LogP contribution is -2.16. The maximum atomic E-state index is 6.35. The van der Waals surface area contributed by atoms with Crippen LogP contribution in [0.15, 0.2) is 48.5 Å². The third-order valence-electron chi connectivity index (χ3n) is 6.38. The third-order valence-corrected chi connectivity index (χ3v) is 6.38. The standard InChI is InChI=1S/C30H48N2O2/c1-2-3-4-5-6-7-9-12-15-29(34-30-23-19-27(32)20-24-30)16-13-10-8-11-14-25-33-28-21-17-26(31)18-22-28/h17-24,29H,2-16,25,31-32H2,1H3. The Kier molecular flexibility index (Phi) is 14.8. The first-order chi connectivity index (χ1) is 16.7. The number of anilines is 2. The lowest BCUT2D eigenvalue weighted by molar-refractivity contribution is 0.172. The minimum Gasteiger partial charge on any atom is -0.494 e. The van der Waals surface area contributed by atoms with E-state index in [0.717, 1.165) is 48.7 Å². The fourth-order valence-corrected chi connectivity index (χ4v) is 4.27. The normalized spacial score (nSPS) is 11.9. The van der Waals surface area contributed by atoms with Crippen molar-refractivity contribution in [3.63, 3.8) is 0 Å². The van der Waals surface area contributed by atoms with E-state index < -0.39 is 0 Å². The first-order valence-electron chi connectivity index (χ1n) is 13.7. The van der Waals surface area contributed by atoms with Gasteiger partial charge in [-0.2, -0.15) is 0 Å². The van der Waals surface area contributed by atoms with E-state index in [1.807, 2.05) is 48.5 Å². The number of benzene rings is 2. The van der Waals surface area contributed by atoms with Crippen LogP contribution < -0.4 is 20.9 Å². The van der Waals surface area contributed by atoms with Crippen molar-refractivity contribution in [1.82, 2.24) is 0 Å². The molecule has 2 rings (SSSR count). The molecule has 0 saturated carbocycles. The van der Waals surface area contributed by atoms with E-state index in [-0.39, 0.29) is 0 Å². The summed E-state index contributed by atoms with van der Waals surface area (Å²) in [5, 5.41) is 0. The summed E-state index contributed by atoms with van der Waals surface area (Å²) in [6, 6.07) is 15.5. The number of hydrogen-bond acceptors (Lipinski definition) is 4. The van der Waals surface area contributed by atoms with Gasteiger partial charge in [-0.05, 0) is 80.6 Å². The predicted octanol–water partition coefficient (Wildman–Crippen LogP) is 8.55. The zero-order valence-corrected chi connectivity index (χ0v) is 21.5. The van der Waals surface area contributed by atoms with Gasteiger partial charge >= 0.3 is 0 Å². The number of hydrogen-bond donors (Lipinski definition) is 2. The van der Waals surface area contributed by atoms with Gasteiger partial charge in [0.25, 0.3) is 0 Å². The first-order valence-corrected chi connectivity index (χ1v) is 13.7. The van der Waals surface area contributed by atoms with E-state index in [4.69, 9.17) is 20.9 Å². The van der Waals surface area contributed by atoms with Crippen molar-refractivity contribution in [2.24, 2.45) is 0 Å². The number of nitrogens with two attached hydrogens (primary N) is 2. The second-order valence-electron chi connectivity index (χ2n) is 9.55. The molecule has 4 heteroatoms. The molecule has 0 aliphatic carbocycles. The van der Waals surface area contributed by atoms with E-state index in [9.17, 15) is 0 Å². The van der Waals surface area contributed by atoms with Crippen molar-refractivity contribution in [3.05, 3.63) is 48.5 Å². The highest BCUT2D eigenvalue weighted by atomic mass is 16.5. The molecule has 0 aliphatic heterocycles. The Morgan fingerprint density at radius 1 is 0.559 bits per heavy atom. The molecule has 2 aromatic carbocycles. The number of nitrogen functional groups attached to an aromatic ring is 2. The minimum atomic E-state index is 0.303.